The highest BCUT2D eigenvalue weighted by Crippen LogP contribution is 2.35. The number of hydrogen-bond acceptors (Lipinski definition) is 2. The van der Waals surface area contributed by atoms with Crippen LogP contribution in [-0.4, -0.2) is 21.5 Å². The van der Waals surface area contributed by atoms with Gasteiger partial charge < -0.3 is 9.72 Å². The number of anilines is 1. The van der Waals surface area contributed by atoms with Crippen molar-refractivity contribution >= 4 is 29.0 Å². The molecule has 1 aliphatic rings. The number of carbonyl (C=O) groups excluding carboxylic acids is 1. The number of nitrogens with zero attached hydrogens (tertiary/aromatic N) is 2. The van der Waals surface area contributed by atoms with E-state index in [-0.39, 0.29) is 17.4 Å². The molecule has 2 heterocycles. The minimum Gasteiger partial charge on any atom is -0.309 e. The van der Waals surface area contributed by atoms with Crippen LogP contribution in [0, 0.1) is 11.7 Å². The van der Waals surface area contributed by atoms with Crippen LogP contribution in [0.15, 0.2) is 42.7 Å². The number of nitrogens with one attached hydrogen (secondary N) is 1. The smallest absolute Gasteiger partial charge is 0.231 e. The first-order chi connectivity index (χ1) is 11.5. The number of amides is 1. The number of carbonyl (C=O) groups is 1. The van der Waals surface area contributed by atoms with Gasteiger partial charge in [-0.15, -0.1) is 0 Å². The van der Waals surface area contributed by atoms with Gasteiger partial charge in [0, 0.05) is 17.3 Å². The first-order valence-electron chi connectivity index (χ1n) is 7.41. The molecule has 2 aromatic heterocycles. The number of hydrogen-bond donors (Lipinski definition) is 1. The van der Waals surface area contributed by atoms with Gasteiger partial charge in [0.1, 0.15) is 17.6 Å². The van der Waals surface area contributed by atoms with Gasteiger partial charge >= 0.3 is 0 Å². The molecule has 24 heavy (non-hydrogen) atoms. The summed E-state index contributed by atoms with van der Waals surface area (Å²) in [5, 5.41) is 2.66. The second-order valence-corrected chi connectivity index (χ2v) is 6.14. The predicted molar refractivity (Wildman–Crippen MR) is 87.2 cm³/mol. The summed E-state index contributed by atoms with van der Waals surface area (Å²) in [4.78, 5) is 16.0. The third kappa shape index (κ3) is 2.63. The molecule has 1 N–H and O–H groups in total. The minimum atomic E-state index is -1.05. The van der Waals surface area contributed by atoms with Crippen LogP contribution in [0.5, 0.6) is 0 Å². The third-order valence-electron chi connectivity index (χ3n) is 4.01. The van der Waals surface area contributed by atoms with Gasteiger partial charge in [0.15, 0.2) is 5.82 Å². The molecular weight excluding hydrogens is 336 g/mol. The Kier molecular flexibility index (Phi) is 3.49. The molecule has 4 rings (SSSR count). The van der Waals surface area contributed by atoms with Crippen LogP contribution in [0.25, 0.3) is 16.8 Å². The van der Waals surface area contributed by atoms with E-state index in [1.807, 2.05) is 0 Å². The van der Waals surface area contributed by atoms with Gasteiger partial charge in [0.05, 0.1) is 17.1 Å². The van der Waals surface area contributed by atoms with Crippen LogP contribution in [0.3, 0.4) is 0 Å². The SMILES string of the molecule is O=C(Nc1cn2cc(-c3cccc(F)c3Cl)ccc2n1)C1CC1F. The third-order valence-corrected chi connectivity index (χ3v) is 4.40. The number of rotatable bonds is 3. The number of fused-ring (bicyclic) bond motifs is 1. The van der Waals surface area contributed by atoms with Crippen molar-refractivity contribution in [2.45, 2.75) is 12.6 Å². The number of pyridine rings is 1. The maximum atomic E-state index is 13.6. The molecule has 0 aliphatic heterocycles. The first-order valence-corrected chi connectivity index (χ1v) is 7.79. The zero-order valence-corrected chi connectivity index (χ0v) is 13.1. The zero-order valence-electron chi connectivity index (χ0n) is 12.3. The molecule has 1 amide bonds. The molecule has 2 unspecified atom stereocenters. The Hall–Kier alpha value is -2.47. The summed E-state index contributed by atoms with van der Waals surface area (Å²) in [6, 6.07) is 8.11. The van der Waals surface area contributed by atoms with Gasteiger partial charge in [-0.2, -0.15) is 0 Å². The molecular formula is C17H12ClF2N3O. The van der Waals surface area contributed by atoms with E-state index in [1.54, 1.807) is 41.1 Å². The molecule has 0 bridgehead atoms. The number of halogens is 3. The molecule has 4 nitrogen and oxygen atoms in total. The molecule has 2 atom stereocenters. The van der Waals surface area contributed by atoms with Crippen molar-refractivity contribution in [2.24, 2.45) is 5.92 Å². The van der Waals surface area contributed by atoms with Crippen LogP contribution in [-0.2, 0) is 4.79 Å². The van der Waals surface area contributed by atoms with Crippen molar-refractivity contribution in [1.29, 1.82) is 0 Å². The summed E-state index contributed by atoms with van der Waals surface area (Å²) in [5.74, 6) is -1.07. The lowest BCUT2D eigenvalue weighted by atomic mass is 10.1. The summed E-state index contributed by atoms with van der Waals surface area (Å²) in [5.41, 5.74) is 1.89. The van der Waals surface area contributed by atoms with E-state index < -0.39 is 17.9 Å². The Morgan fingerprint density at radius 1 is 1.29 bits per heavy atom. The number of imidazole rings is 1. The minimum absolute atomic E-state index is 0.0493. The Labute approximate surface area is 141 Å². The van der Waals surface area contributed by atoms with Crippen LogP contribution < -0.4 is 5.32 Å². The van der Waals surface area contributed by atoms with Crippen LogP contribution in [0.2, 0.25) is 5.02 Å². The van der Waals surface area contributed by atoms with Crippen molar-refractivity contribution in [3.05, 3.63) is 53.6 Å². The quantitative estimate of drug-likeness (QED) is 0.775. The summed E-state index contributed by atoms with van der Waals surface area (Å²) in [6.07, 6.45) is 2.58. The van der Waals surface area contributed by atoms with E-state index in [2.05, 4.69) is 10.3 Å². The Bertz CT molecular complexity index is 956. The lowest BCUT2D eigenvalue weighted by Crippen LogP contribution is -2.15. The maximum Gasteiger partial charge on any atom is 0.231 e. The fourth-order valence-corrected chi connectivity index (χ4v) is 2.83. The van der Waals surface area contributed by atoms with Crippen molar-refractivity contribution in [1.82, 2.24) is 9.38 Å². The second-order valence-electron chi connectivity index (χ2n) is 5.76. The molecule has 0 saturated heterocycles. The van der Waals surface area contributed by atoms with Crippen LogP contribution in [0.4, 0.5) is 14.6 Å². The number of benzene rings is 1. The van der Waals surface area contributed by atoms with Gasteiger partial charge in [0.2, 0.25) is 5.91 Å². The summed E-state index contributed by atoms with van der Waals surface area (Å²) in [7, 11) is 0. The molecule has 1 aliphatic carbocycles. The van der Waals surface area contributed by atoms with Gasteiger partial charge in [-0.05, 0) is 24.6 Å². The van der Waals surface area contributed by atoms with E-state index in [0.29, 0.717) is 22.6 Å². The monoisotopic (exact) mass is 347 g/mol. The molecule has 0 spiro atoms. The Morgan fingerprint density at radius 2 is 2.08 bits per heavy atom. The van der Waals surface area contributed by atoms with E-state index in [9.17, 15) is 13.6 Å². The Morgan fingerprint density at radius 3 is 2.83 bits per heavy atom. The summed E-state index contributed by atoms with van der Waals surface area (Å²) >= 11 is 6.02. The second kappa shape index (κ2) is 5.56. The topological polar surface area (TPSA) is 46.4 Å². The zero-order chi connectivity index (χ0) is 16.8. The molecule has 1 saturated carbocycles. The first kappa shape index (κ1) is 15.1. The molecule has 1 aromatic carbocycles. The average Bonchev–Trinajstić information content (AvgIpc) is 3.15. The highest BCUT2D eigenvalue weighted by molar-refractivity contribution is 6.33. The van der Waals surface area contributed by atoms with Gasteiger partial charge in [-0.25, -0.2) is 13.8 Å². The van der Waals surface area contributed by atoms with Gasteiger partial charge in [-0.1, -0.05) is 23.7 Å². The molecule has 0 radical (unpaired) electrons. The average molecular weight is 348 g/mol. The maximum absolute atomic E-state index is 13.6. The standard InChI is InChI=1S/C17H12ClF2N3O/c18-16-10(2-1-3-12(16)19)9-4-5-15-21-14(8-23(15)7-9)22-17(24)11-6-13(11)20/h1-5,7-8,11,13H,6H2,(H,22,24). The number of alkyl halides is 1. The molecule has 3 aromatic rings. The van der Waals surface area contributed by atoms with E-state index in [4.69, 9.17) is 11.6 Å². The fraction of sp³-hybridized carbons (Fsp3) is 0.176. The van der Waals surface area contributed by atoms with Gasteiger partial charge in [0.25, 0.3) is 0 Å². The fourth-order valence-electron chi connectivity index (χ4n) is 2.59. The molecule has 7 heteroatoms. The molecule has 1 fully saturated rings. The van der Waals surface area contributed by atoms with Crippen molar-refractivity contribution in [3.8, 4) is 11.1 Å². The lowest BCUT2D eigenvalue weighted by Gasteiger charge is -2.05. The van der Waals surface area contributed by atoms with Crippen molar-refractivity contribution in [3.63, 3.8) is 0 Å². The summed E-state index contributed by atoms with van der Waals surface area (Å²) in [6.45, 7) is 0. The summed E-state index contributed by atoms with van der Waals surface area (Å²) < 4.78 is 28.2. The number of aromatic nitrogens is 2. The highest BCUT2D eigenvalue weighted by atomic mass is 35.5. The lowest BCUT2D eigenvalue weighted by molar-refractivity contribution is -0.117. The highest BCUT2D eigenvalue weighted by Gasteiger charge is 2.43. The van der Waals surface area contributed by atoms with E-state index in [0.717, 1.165) is 0 Å². The largest absolute Gasteiger partial charge is 0.309 e. The van der Waals surface area contributed by atoms with Crippen molar-refractivity contribution < 1.29 is 13.6 Å². The van der Waals surface area contributed by atoms with Gasteiger partial charge in [-0.3, -0.25) is 4.79 Å². The van der Waals surface area contributed by atoms with Crippen molar-refractivity contribution in [2.75, 3.05) is 5.32 Å². The van der Waals surface area contributed by atoms with Crippen LogP contribution >= 0.6 is 11.6 Å². The van der Waals surface area contributed by atoms with Crippen LogP contribution in [0.1, 0.15) is 6.42 Å². The van der Waals surface area contributed by atoms with E-state index in [1.165, 1.54) is 6.07 Å². The normalized spacial score (nSPS) is 19.5. The predicted octanol–water partition coefficient (Wildman–Crippen LogP) is 4.09. The Balaban J connectivity index is 1.66. The molecule has 122 valence electrons. The van der Waals surface area contributed by atoms with E-state index >= 15 is 0 Å².